The molecule has 0 atom stereocenters. The summed E-state index contributed by atoms with van der Waals surface area (Å²) < 4.78 is 2.16. The lowest BCUT2D eigenvalue weighted by molar-refractivity contribution is 0.0946. The van der Waals surface area contributed by atoms with Gasteiger partial charge < -0.3 is 20.1 Å². The molecule has 0 spiro atoms. The Hall–Kier alpha value is -3.26. The zero-order valence-electron chi connectivity index (χ0n) is 19.7. The molecule has 0 saturated carbocycles. The highest BCUT2D eigenvalue weighted by molar-refractivity contribution is 5.94. The Kier molecular flexibility index (Phi) is 7.34. The molecule has 8 nitrogen and oxygen atoms in total. The lowest BCUT2D eigenvalue weighted by Crippen LogP contribution is -2.37. The first-order valence-electron chi connectivity index (χ1n) is 11.8. The Labute approximate surface area is 195 Å². The number of nitrogens with zero attached hydrogens (tertiary/aromatic N) is 5. The number of amides is 1. The van der Waals surface area contributed by atoms with Crippen molar-refractivity contribution in [1.82, 2.24) is 29.7 Å². The van der Waals surface area contributed by atoms with E-state index in [1.807, 2.05) is 43.5 Å². The molecule has 1 aromatic carbocycles. The first-order valence-corrected chi connectivity index (χ1v) is 11.8. The maximum absolute atomic E-state index is 12.5. The summed E-state index contributed by atoms with van der Waals surface area (Å²) in [6.45, 7) is 10.1. The number of nitrogens with one attached hydrogen (secondary N) is 2. The molecule has 1 saturated heterocycles. The van der Waals surface area contributed by atoms with E-state index in [2.05, 4.69) is 48.9 Å². The summed E-state index contributed by atoms with van der Waals surface area (Å²) in [4.78, 5) is 28.3. The molecule has 4 rings (SSSR count). The van der Waals surface area contributed by atoms with E-state index in [0.717, 1.165) is 42.5 Å². The first-order chi connectivity index (χ1) is 16.0. The van der Waals surface area contributed by atoms with Crippen LogP contribution in [-0.2, 0) is 0 Å². The number of aryl methyl sites for hydroxylation is 1. The van der Waals surface area contributed by atoms with Gasteiger partial charge in [0.1, 0.15) is 5.82 Å². The van der Waals surface area contributed by atoms with Crippen LogP contribution >= 0.6 is 0 Å². The van der Waals surface area contributed by atoms with Crippen molar-refractivity contribution in [2.24, 2.45) is 0 Å². The maximum atomic E-state index is 12.5. The molecule has 1 amide bonds. The Morgan fingerprint density at radius 2 is 1.82 bits per heavy atom. The summed E-state index contributed by atoms with van der Waals surface area (Å²) >= 11 is 0. The maximum Gasteiger partial charge on any atom is 0.251 e. The lowest BCUT2D eigenvalue weighted by Gasteiger charge is -2.26. The number of hydrogen-bond donors (Lipinski definition) is 2. The molecule has 174 valence electrons. The van der Waals surface area contributed by atoms with Crippen LogP contribution in [0.2, 0.25) is 0 Å². The fourth-order valence-corrected chi connectivity index (χ4v) is 4.30. The van der Waals surface area contributed by atoms with Crippen LogP contribution in [0.5, 0.6) is 0 Å². The van der Waals surface area contributed by atoms with Crippen LogP contribution in [0, 0.1) is 6.92 Å². The Morgan fingerprint density at radius 1 is 1.06 bits per heavy atom. The number of carbonyl (C=O) groups excluding carboxylic acids is 1. The van der Waals surface area contributed by atoms with E-state index >= 15 is 0 Å². The van der Waals surface area contributed by atoms with Gasteiger partial charge in [0, 0.05) is 36.6 Å². The van der Waals surface area contributed by atoms with Crippen molar-refractivity contribution in [3.63, 3.8) is 0 Å². The van der Waals surface area contributed by atoms with Crippen LogP contribution in [0.3, 0.4) is 0 Å². The van der Waals surface area contributed by atoms with Crippen LogP contribution in [-0.4, -0.2) is 56.5 Å². The zero-order chi connectivity index (χ0) is 23.2. The molecule has 2 aromatic heterocycles. The Balaban J connectivity index is 1.36. The van der Waals surface area contributed by atoms with E-state index in [4.69, 9.17) is 0 Å². The van der Waals surface area contributed by atoms with Crippen molar-refractivity contribution in [3.05, 3.63) is 54.1 Å². The second-order valence-corrected chi connectivity index (χ2v) is 8.78. The van der Waals surface area contributed by atoms with Crippen LogP contribution < -0.4 is 10.6 Å². The van der Waals surface area contributed by atoms with Crippen molar-refractivity contribution in [2.75, 3.05) is 31.5 Å². The number of imidazole rings is 1. The number of piperidine rings is 1. The molecule has 3 heterocycles. The standard InChI is InChI=1S/C25H33N7O/c1-18(2)32-19(3)28-17-23(32)22-11-12-27-25(30-22)29-21-9-7-20(8-10-21)24(33)26-13-16-31-14-5-4-6-15-31/h7-12,17-18H,4-6,13-16H2,1-3H3,(H,26,33)(H,27,29,30). The third kappa shape index (κ3) is 5.76. The number of benzene rings is 1. The number of anilines is 2. The molecular weight excluding hydrogens is 414 g/mol. The smallest absolute Gasteiger partial charge is 0.251 e. The molecule has 0 unspecified atom stereocenters. The largest absolute Gasteiger partial charge is 0.351 e. The number of likely N-dealkylation sites (tertiary alicyclic amines) is 1. The molecule has 1 fully saturated rings. The second-order valence-electron chi connectivity index (χ2n) is 8.78. The summed E-state index contributed by atoms with van der Waals surface area (Å²) in [5, 5.41) is 6.26. The minimum atomic E-state index is -0.0471. The molecule has 2 N–H and O–H groups in total. The summed E-state index contributed by atoms with van der Waals surface area (Å²) in [6, 6.07) is 9.56. The number of hydrogen-bond acceptors (Lipinski definition) is 6. The predicted octanol–water partition coefficient (Wildman–Crippen LogP) is 4.19. The number of aromatic nitrogens is 4. The minimum absolute atomic E-state index is 0.0471. The zero-order valence-corrected chi connectivity index (χ0v) is 19.7. The van der Waals surface area contributed by atoms with Gasteiger partial charge in [-0.3, -0.25) is 4.79 Å². The molecule has 0 radical (unpaired) electrons. The monoisotopic (exact) mass is 447 g/mol. The van der Waals surface area contributed by atoms with Gasteiger partial charge in [-0.25, -0.2) is 15.0 Å². The van der Waals surface area contributed by atoms with Gasteiger partial charge in [0.05, 0.1) is 17.6 Å². The highest BCUT2D eigenvalue weighted by atomic mass is 16.1. The van der Waals surface area contributed by atoms with Crippen molar-refractivity contribution in [1.29, 1.82) is 0 Å². The highest BCUT2D eigenvalue weighted by Crippen LogP contribution is 2.24. The van der Waals surface area contributed by atoms with E-state index in [9.17, 15) is 4.79 Å². The lowest BCUT2D eigenvalue weighted by atomic mass is 10.1. The predicted molar refractivity (Wildman–Crippen MR) is 131 cm³/mol. The van der Waals surface area contributed by atoms with Crippen molar-refractivity contribution < 1.29 is 4.79 Å². The summed E-state index contributed by atoms with van der Waals surface area (Å²) in [6.07, 6.45) is 7.43. The van der Waals surface area contributed by atoms with Gasteiger partial charge in [-0.1, -0.05) is 6.42 Å². The van der Waals surface area contributed by atoms with Crippen molar-refractivity contribution in [3.8, 4) is 11.4 Å². The van der Waals surface area contributed by atoms with Crippen LogP contribution in [0.25, 0.3) is 11.4 Å². The third-order valence-electron chi connectivity index (χ3n) is 5.98. The van der Waals surface area contributed by atoms with Crippen molar-refractivity contribution >= 4 is 17.5 Å². The average molecular weight is 448 g/mol. The van der Waals surface area contributed by atoms with Gasteiger partial charge in [0.15, 0.2) is 0 Å². The van der Waals surface area contributed by atoms with Crippen LogP contribution in [0.4, 0.5) is 11.6 Å². The number of carbonyl (C=O) groups is 1. The van der Waals surface area contributed by atoms with E-state index in [1.54, 1.807) is 6.20 Å². The summed E-state index contributed by atoms with van der Waals surface area (Å²) in [5.74, 6) is 1.41. The molecule has 0 bridgehead atoms. The molecule has 0 aliphatic carbocycles. The van der Waals surface area contributed by atoms with Gasteiger partial charge in [0.2, 0.25) is 5.95 Å². The van der Waals surface area contributed by atoms with Crippen molar-refractivity contribution in [2.45, 2.75) is 46.1 Å². The molecular formula is C25H33N7O. The van der Waals surface area contributed by atoms with Gasteiger partial charge in [0.25, 0.3) is 5.91 Å². The molecule has 1 aliphatic rings. The summed E-state index contributed by atoms with van der Waals surface area (Å²) in [7, 11) is 0. The van der Waals surface area contributed by atoms with Crippen LogP contribution in [0.1, 0.15) is 55.3 Å². The van der Waals surface area contributed by atoms with E-state index in [1.165, 1.54) is 19.3 Å². The van der Waals surface area contributed by atoms with Gasteiger partial charge >= 0.3 is 0 Å². The average Bonchev–Trinajstić information content (AvgIpc) is 3.22. The fraction of sp³-hybridized carbons (Fsp3) is 0.440. The third-order valence-corrected chi connectivity index (χ3v) is 5.98. The van der Waals surface area contributed by atoms with E-state index < -0.39 is 0 Å². The van der Waals surface area contributed by atoms with Crippen LogP contribution in [0.15, 0.2) is 42.7 Å². The van der Waals surface area contributed by atoms with E-state index in [-0.39, 0.29) is 11.9 Å². The Bertz CT molecular complexity index is 1070. The fourth-order valence-electron chi connectivity index (χ4n) is 4.30. The Morgan fingerprint density at radius 3 is 2.55 bits per heavy atom. The second kappa shape index (κ2) is 10.6. The molecule has 33 heavy (non-hydrogen) atoms. The molecule has 8 heteroatoms. The minimum Gasteiger partial charge on any atom is -0.351 e. The molecule has 1 aliphatic heterocycles. The SMILES string of the molecule is Cc1ncc(-c2ccnc(Nc3ccc(C(=O)NCCN4CCCCC4)cc3)n2)n1C(C)C. The molecule has 3 aromatic rings. The quantitative estimate of drug-likeness (QED) is 0.538. The first kappa shape index (κ1) is 22.9. The summed E-state index contributed by atoms with van der Waals surface area (Å²) in [5.41, 5.74) is 3.24. The van der Waals surface area contributed by atoms with Gasteiger partial charge in [-0.2, -0.15) is 0 Å². The van der Waals surface area contributed by atoms with E-state index in [0.29, 0.717) is 18.1 Å². The highest BCUT2D eigenvalue weighted by Gasteiger charge is 2.14. The normalized spacial score (nSPS) is 14.4. The van der Waals surface area contributed by atoms with Gasteiger partial charge in [-0.15, -0.1) is 0 Å². The topological polar surface area (TPSA) is 88.0 Å². The van der Waals surface area contributed by atoms with Gasteiger partial charge in [-0.05, 0) is 77.0 Å². The number of rotatable bonds is 8.